The van der Waals surface area contributed by atoms with E-state index in [0.29, 0.717) is 12.6 Å². The van der Waals surface area contributed by atoms with Crippen LogP contribution in [0, 0.1) is 0 Å². The summed E-state index contributed by atoms with van der Waals surface area (Å²) in [4.78, 5) is 18.2. The predicted molar refractivity (Wildman–Crippen MR) is 80.6 cm³/mol. The van der Waals surface area contributed by atoms with Gasteiger partial charge in [0.25, 0.3) is 0 Å². The van der Waals surface area contributed by atoms with Crippen LogP contribution in [0.1, 0.15) is 12.8 Å². The number of rotatable bonds is 4. The quantitative estimate of drug-likeness (QED) is 0.827. The van der Waals surface area contributed by atoms with Gasteiger partial charge in [0.05, 0.1) is 12.1 Å². The maximum absolute atomic E-state index is 11.8. The smallest absolute Gasteiger partial charge is 0.239 e. The number of aromatic nitrogens is 1. The Labute approximate surface area is 117 Å². The SMILES string of the molecule is CN(CC(=O)NC1CC1)c1ccc2cc(N)ccc2n1. The van der Waals surface area contributed by atoms with Crippen LogP contribution in [-0.4, -0.2) is 30.5 Å². The van der Waals surface area contributed by atoms with Crippen molar-refractivity contribution in [3.8, 4) is 0 Å². The van der Waals surface area contributed by atoms with Crippen LogP contribution in [0.4, 0.5) is 11.5 Å². The van der Waals surface area contributed by atoms with Gasteiger partial charge in [0.15, 0.2) is 0 Å². The zero-order valence-corrected chi connectivity index (χ0v) is 11.5. The van der Waals surface area contributed by atoms with Gasteiger partial charge >= 0.3 is 0 Å². The number of benzene rings is 1. The van der Waals surface area contributed by atoms with Gasteiger partial charge in [0, 0.05) is 24.2 Å². The van der Waals surface area contributed by atoms with E-state index in [1.54, 1.807) is 0 Å². The number of nitrogen functional groups attached to an aromatic ring is 1. The number of hydrogen-bond donors (Lipinski definition) is 2. The zero-order valence-electron chi connectivity index (χ0n) is 11.5. The van der Waals surface area contributed by atoms with Crippen molar-refractivity contribution in [3.63, 3.8) is 0 Å². The first-order chi connectivity index (χ1) is 9.61. The van der Waals surface area contributed by atoms with Crippen molar-refractivity contribution in [3.05, 3.63) is 30.3 Å². The molecule has 2 aromatic rings. The Kier molecular flexibility index (Phi) is 3.18. The number of carbonyl (C=O) groups excluding carboxylic acids is 1. The standard InChI is InChI=1S/C15H18N4O/c1-19(9-15(20)17-12-4-5-12)14-7-2-10-8-11(16)3-6-13(10)18-14/h2-3,6-8,12H,4-5,9,16H2,1H3,(H,17,20). The van der Waals surface area contributed by atoms with Crippen molar-refractivity contribution in [1.29, 1.82) is 0 Å². The Hall–Kier alpha value is -2.30. The number of hydrogen-bond acceptors (Lipinski definition) is 4. The number of amides is 1. The molecule has 1 aromatic carbocycles. The summed E-state index contributed by atoms with van der Waals surface area (Å²) in [7, 11) is 1.87. The topological polar surface area (TPSA) is 71.2 Å². The Bertz CT molecular complexity index is 651. The summed E-state index contributed by atoms with van der Waals surface area (Å²) >= 11 is 0. The first kappa shape index (κ1) is 12.7. The molecular weight excluding hydrogens is 252 g/mol. The van der Waals surface area contributed by atoms with Crippen molar-refractivity contribution in [1.82, 2.24) is 10.3 Å². The Morgan fingerprint density at radius 2 is 2.20 bits per heavy atom. The Morgan fingerprint density at radius 3 is 2.95 bits per heavy atom. The third-order valence-electron chi connectivity index (χ3n) is 3.41. The average Bonchev–Trinajstić information content (AvgIpc) is 3.21. The number of likely N-dealkylation sites (N-methyl/N-ethyl adjacent to an activating group) is 1. The maximum atomic E-state index is 11.8. The summed E-state index contributed by atoms with van der Waals surface area (Å²) in [6.07, 6.45) is 2.20. The van der Waals surface area contributed by atoms with Gasteiger partial charge < -0.3 is 16.0 Å². The van der Waals surface area contributed by atoms with Crippen LogP contribution in [0.5, 0.6) is 0 Å². The normalized spacial score (nSPS) is 14.2. The van der Waals surface area contributed by atoms with E-state index < -0.39 is 0 Å². The van der Waals surface area contributed by atoms with Gasteiger partial charge in [-0.05, 0) is 43.2 Å². The van der Waals surface area contributed by atoms with Gasteiger partial charge in [0.1, 0.15) is 5.82 Å². The highest BCUT2D eigenvalue weighted by Crippen LogP contribution is 2.20. The minimum absolute atomic E-state index is 0.0502. The van der Waals surface area contributed by atoms with Gasteiger partial charge in [-0.25, -0.2) is 4.98 Å². The molecule has 0 atom stereocenters. The first-order valence-electron chi connectivity index (χ1n) is 6.78. The molecule has 0 spiro atoms. The van der Waals surface area contributed by atoms with Gasteiger partial charge in [0.2, 0.25) is 5.91 Å². The fourth-order valence-corrected chi connectivity index (χ4v) is 2.14. The summed E-state index contributed by atoms with van der Waals surface area (Å²) in [5.74, 6) is 0.836. The highest BCUT2D eigenvalue weighted by Gasteiger charge is 2.23. The largest absolute Gasteiger partial charge is 0.399 e. The lowest BCUT2D eigenvalue weighted by atomic mass is 10.2. The Morgan fingerprint density at radius 1 is 1.40 bits per heavy atom. The van der Waals surface area contributed by atoms with Crippen LogP contribution >= 0.6 is 0 Å². The number of nitrogens with one attached hydrogen (secondary N) is 1. The van der Waals surface area contributed by atoms with Crippen molar-refractivity contribution < 1.29 is 4.79 Å². The highest BCUT2D eigenvalue weighted by atomic mass is 16.2. The molecule has 1 saturated carbocycles. The van der Waals surface area contributed by atoms with E-state index in [0.717, 1.165) is 35.2 Å². The van der Waals surface area contributed by atoms with E-state index in [9.17, 15) is 4.79 Å². The third-order valence-corrected chi connectivity index (χ3v) is 3.41. The van der Waals surface area contributed by atoms with Crippen LogP contribution in [-0.2, 0) is 4.79 Å². The molecule has 0 radical (unpaired) electrons. The number of pyridine rings is 1. The summed E-state index contributed by atoms with van der Waals surface area (Å²) in [6, 6.07) is 9.90. The van der Waals surface area contributed by atoms with Gasteiger partial charge in [-0.2, -0.15) is 0 Å². The number of fused-ring (bicyclic) bond motifs is 1. The molecule has 1 amide bonds. The minimum Gasteiger partial charge on any atom is -0.399 e. The number of nitrogens with zero attached hydrogens (tertiary/aromatic N) is 2. The monoisotopic (exact) mass is 270 g/mol. The summed E-state index contributed by atoms with van der Waals surface area (Å²) in [5.41, 5.74) is 7.36. The molecule has 0 unspecified atom stereocenters. The fraction of sp³-hybridized carbons (Fsp3) is 0.333. The molecular formula is C15H18N4O. The van der Waals surface area contributed by atoms with Crippen LogP contribution in [0.15, 0.2) is 30.3 Å². The second-order valence-electron chi connectivity index (χ2n) is 5.32. The molecule has 0 saturated heterocycles. The number of nitrogens with two attached hydrogens (primary N) is 1. The van der Waals surface area contributed by atoms with Crippen LogP contribution in [0.25, 0.3) is 10.9 Å². The van der Waals surface area contributed by atoms with Crippen LogP contribution in [0.2, 0.25) is 0 Å². The molecule has 0 aliphatic heterocycles. The van der Waals surface area contributed by atoms with E-state index in [-0.39, 0.29) is 5.91 Å². The van der Waals surface area contributed by atoms with Crippen LogP contribution in [0.3, 0.4) is 0 Å². The van der Waals surface area contributed by atoms with E-state index >= 15 is 0 Å². The molecule has 3 N–H and O–H groups in total. The lowest BCUT2D eigenvalue weighted by Crippen LogP contribution is -2.36. The lowest BCUT2D eigenvalue weighted by Gasteiger charge is -2.18. The molecule has 3 rings (SSSR count). The van der Waals surface area contributed by atoms with Gasteiger partial charge in [-0.1, -0.05) is 0 Å². The summed E-state index contributed by atoms with van der Waals surface area (Å²) in [5, 5.41) is 3.98. The molecule has 5 heteroatoms. The van der Waals surface area contributed by atoms with Crippen LogP contribution < -0.4 is 16.0 Å². The molecule has 1 aliphatic carbocycles. The molecule has 104 valence electrons. The van der Waals surface area contributed by atoms with E-state index in [1.807, 2.05) is 42.3 Å². The van der Waals surface area contributed by atoms with Crippen molar-refractivity contribution >= 4 is 28.3 Å². The summed E-state index contributed by atoms with van der Waals surface area (Å²) < 4.78 is 0. The average molecular weight is 270 g/mol. The zero-order chi connectivity index (χ0) is 14.1. The van der Waals surface area contributed by atoms with Gasteiger partial charge in [-0.3, -0.25) is 4.79 Å². The second-order valence-corrected chi connectivity index (χ2v) is 5.32. The number of anilines is 2. The van der Waals surface area contributed by atoms with Crippen molar-refractivity contribution in [2.24, 2.45) is 0 Å². The lowest BCUT2D eigenvalue weighted by molar-refractivity contribution is -0.119. The van der Waals surface area contributed by atoms with Crippen molar-refractivity contribution in [2.75, 3.05) is 24.2 Å². The van der Waals surface area contributed by atoms with Crippen molar-refractivity contribution in [2.45, 2.75) is 18.9 Å². The maximum Gasteiger partial charge on any atom is 0.239 e. The molecule has 1 aromatic heterocycles. The second kappa shape index (κ2) is 5.00. The third kappa shape index (κ3) is 2.82. The molecule has 1 aliphatic rings. The van der Waals surface area contributed by atoms with E-state index in [4.69, 9.17) is 5.73 Å². The summed E-state index contributed by atoms with van der Waals surface area (Å²) in [6.45, 7) is 0.323. The molecule has 1 fully saturated rings. The molecule has 5 nitrogen and oxygen atoms in total. The molecule has 1 heterocycles. The molecule has 20 heavy (non-hydrogen) atoms. The predicted octanol–water partition coefficient (Wildman–Crippen LogP) is 1.53. The number of carbonyl (C=O) groups is 1. The highest BCUT2D eigenvalue weighted by molar-refractivity contribution is 5.85. The molecule has 0 bridgehead atoms. The minimum atomic E-state index is 0.0502. The Balaban J connectivity index is 1.74. The van der Waals surface area contributed by atoms with E-state index in [2.05, 4.69) is 10.3 Å². The van der Waals surface area contributed by atoms with E-state index in [1.165, 1.54) is 0 Å². The fourth-order valence-electron chi connectivity index (χ4n) is 2.14. The van der Waals surface area contributed by atoms with Gasteiger partial charge in [-0.15, -0.1) is 0 Å². The first-order valence-corrected chi connectivity index (χ1v) is 6.78.